The summed E-state index contributed by atoms with van der Waals surface area (Å²) in [5, 5.41) is 15.4. The average Bonchev–Trinajstić information content (AvgIpc) is 3.35. The van der Waals surface area contributed by atoms with Crippen LogP contribution in [0.5, 0.6) is 5.75 Å². The second kappa shape index (κ2) is 12.6. The van der Waals surface area contributed by atoms with E-state index in [0.29, 0.717) is 25.9 Å². The van der Waals surface area contributed by atoms with Crippen LogP contribution in [0.4, 0.5) is 0 Å². The molecule has 1 saturated carbocycles. The van der Waals surface area contributed by atoms with Crippen LogP contribution in [0.2, 0.25) is 0 Å². The number of guanidine groups is 1. The van der Waals surface area contributed by atoms with Crippen LogP contribution >= 0.6 is 0 Å². The summed E-state index contributed by atoms with van der Waals surface area (Å²) in [4.78, 5) is 30.6. The predicted molar refractivity (Wildman–Crippen MR) is 133 cm³/mol. The Hall–Kier alpha value is -3.55. The van der Waals surface area contributed by atoms with Crippen LogP contribution in [0.15, 0.2) is 59.6 Å². The van der Waals surface area contributed by atoms with Gasteiger partial charge in [0.1, 0.15) is 11.8 Å². The first kappa shape index (κ1) is 25.1. The van der Waals surface area contributed by atoms with Crippen LogP contribution < -0.4 is 22.1 Å². The first-order valence-corrected chi connectivity index (χ1v) is 11.9. The largest absolute Gasteiger partial charge is 0.508 e. The number of nitrogens with two attached hydrogens (primary N) is 2. The van der Waals surface area contributed by atoms with Gasteiger partial charge in [-0.15, -0.1) is 0 Å². The monoisotopic (exact) mass is 465 g/mol. The molecule has 0 spiro atoms. The van der Waals surface area contributed by atoms with Gasteiger partial charge in [0, 0.05) is 13.1 Å². The SMILES string of the molecule is NC(N)=NCCC[C@@H](NC(=O)C(c1ccccc1)C1CCCC1)C(=O)NCc1ccc(O)cc1. The Morgan fingerprint density at radius 3 is 2.32 bits per heavy atom. The van der Waals surface area contributed by atoms with E-state index in [-0.39, 0.29) is 35.4 Å². The molecule has 2 aromatic carbocycles. The number of phenolic OH excluding ortho intramolecular Hbond substituents is 1. The summed E-state index contributed by atoms with van der Waals surface area (Å²) in [6.07, 6.45) is 5.22. The molecule has 2 atom stereocenters. The molecule has 2 aromatic rings. The van der Waals surface area contributed by atoms with Gasteiger partial charge in [-0.05, 0) is 54.9 Å². The molecule has 2 amide bonds. The maximum Gasteiger partial charge on any atom is 0.242 e. The zero-order valence-corrected chi connectivity index (χ0v) is 19.5. The van der Waals surface area contributed by atoms with E-state index in [2.05, 4.69) is 15.6 Å². The molecule has 1 aliphatic carbocycles. The number of nitrogens with zero attached hydrogens (tertiary/aromatic N) is 1. The van der Waals surface area contributed by atoms with Crippen LogP contribution in [-0.2, 0) is 16.1 Å². The summed E-state index contributed by atoms with van der Waals surface area (Å²) in [6.45, 7) is 0.675. The van der Waals surface area contributed by atoms with Crippen LogP contribution in [0, 0.1) is 5.92 Å². The van der Waals surface area contributed by atoms with Crippen molar-refractivity contribution < 1.29 is 14.7 Å². The quantitative estimate of drug-likeness (QED) is 0.197. The van der Waals surface area contributed by atoms with Gasteiger partial charge in [0.15, 0.2) is 5.96 Å². The number of aliphatic imine (C=N–C) groups is 1. The molecule has 182 valence electrons. The van der Waals surface area contributed by atoms with Crippen molar-refractivity contribution in [2.24, 2.45) is 22.4 Å². The third kappa shape index (κ3) is 7.50. The summed E-state index contributed by atoms with van der Waals surface area (Å²) in [5.41, 5.74) is 12.6. The van der Waals surface area contributed by atoms with Crippen molar-refractivity contribution in [2.75, 3.05) is 6.54 Å². The summed E-state index contributed by atoms with van der Waals surface area (Å²) in [5.74, 6) is -0.228. The van der Waals surface area contributed by atoms with E-state index in [9.17, 15) is 14.7 Å². The number of amides is 2. The number of carbonyl (C=O) groups excluding carboxylic acids is 2. The minimum atomic E-state index is -0.702. The van der Waals surface area contributed by atoms with Gasteiger partial charge >= 0.3 is 0 Å². The molecule has 1 aliphatic rings. The number of aromatic hydroxyl groups is 1. The maximum absolute atomic E-state index is 13.5. The number of rotatable bonds is 11. The molecular formula is C26H35N5O3. The van der Waals surface area contributed by atoms with Gasteiger partial charge in [0.25, 0.3) is 0 Å². The highest BCUT2D eigenvalue weighted by Gasteiger charge is 2.34. The van der Waals surface area contributed by atoms with Gasteiger partial charge in [0.05, 0.1) is 5.92 Å². The average molecular weight is 466 g/mol. The fourth-order valence-electron chi connectivity index (χ4n) is 4.55. The van der Waals surface area contributed by atoms with Crippen LogP contribution in [-0.4, -0.2) is 35.5 Å². The first-order chi connectivity index (χ1) is 16.4. The van der Waals surface area contributed by atoms with Gasteiger partial charge in [0.2, 0.25) is 11.8 Å². The highest BCUT2D eigenvalue weighted by molar-refractivity contribution is 5.90. The van der Waals surface area contributed by atoms with E-state index in [1.54, 1.807) is 24.3 Å². The maximum atomic E-state index is 13.5. The number of hydrogen-bond donors (Lipinski definition) is 5. The molecule has 0 aromatic heterocycles. The number of carbonyl (C=O) groups is 2. The summed E-state index contributed by atoms with van der Waals surface area (Å²) >= 11 is 0. The van der Waals surface area contributed by atoms with Crippen molar-refractivity contribution >= 4 is 17.8 Å². The second-order valence-electron chi connectivity index (χ2n) is 8.83. The summed E-state index contributed by atoms with van der Waals surface area (Å²) < 4.78 is 0. The Bertz CT molecular complexity index is 952. The lowest BCUT2D eigenvalue weighted by atomic mass is 9.84. The third-order valence-electron chi connectivity index (χ3n) is 6.29. The molecule has 34 heavy (non-hydrogen) atoms. The number of hydrogen-bond acceptors (Lipinski definition) is 4. The smallest absolute Gasteiger partial charge is 0.242 e. The lowest BCUT2D eigenvalue weighted by molar-refractivity contribution is -0.130. The number of nitrogens with one attached hydrogen (secondary N) is 2. The molecule has 3 rings (SSSR count). The van der Waals surface area contributed by atoms with Crippen LogP contribution in [0.1, 0.15) is 55.6 Å². The zero-order chi connectivity index (χ0) is 24.3. The normalized spacial score (nSPS) is 15.3. The number of phenols is 1. The van der Waals surface area contributed by atoms with Gasteiger partial charge in [-0.2, -0.15) is 0 Å². The highest BCUT2D eigenvalue weighted by Crippen LogP contribution is 2.37. The Kier molecular flexibility index (Phi) is 9.31. The molecule has 0 saturated heterocycles. The van der Waals surface area contributed by atoms with Crippen molar-refractivity contribution in [3.05, 3.63) is 65.7 Å². The lowest BCUT2D eigenvalue weighted by Crippen LogP contribution is -2.48. The van der Waals surface area contributed by atoms with E-state index < -0.39 is 6.04 Å². The third-order valence-corrected chi connectivity index (χ3v) is 6.29. The zero-order valence-electron chi connectivity index (χ0n) is 19.5. The highest BCUT2D eigenvalue weighted by atomic mass is 16.3. The fourth-order valence-corrected chi connectivity index (χ4v) is 4.55. The van der Waals surface area contributed by atoms with Gasteiger partial charge in [-0.25, -0.2) is 0 Å². The molecule has 0 aliphatic heterocycles. The molecule has 1 unspecified atom stereocenters. The standard InChI is InChI=1S/C26H35N5O3/c27-26(28)29-16-6-11-22(24(33)30-17-18-12-14-21(32)15-13-18)31-25(34)23(20-9-4-5-10-20)19-7-2-1-3-8-19/h1-3,7-8,12-15,20,22-23,32H,4-6,9-11,16-17H2,(H,30,33)(H,31,34)(H4,27,28,29)/t22-,23?/m1/s1. The fraction of sp³-hybridized carbons (Fsp3) is 0.423. The predicted octanol–water partition coefficient (Wildman–Crippen LogP) is 2.52. The van der Waals surface area contributed by atoms with E-state index >= 15 is 0 Å². The lowest BCUT2D eigenvalue weighted by Gasteiger charge is -2.26. The molecule has 0 heterocycles. The Morgan fingerprint density at radius 2 is 1.68 bits per heavy atom. The van der Waals surface area contributed by atoms with E-state index in [1.165, 1.54) is 0 Å². The molecule has 0 radical (unpaired) electrons. The molecule has 8 nitrogen and oxygen atoms in total. The summed E-state index contributed by atoms with van der Waals surface area (Å²) in [7, 11) is 0. The van der Waals surface area contributed by atoms with Crippen LogP contribution in [0.3, 0.4) is 0 Å². The number of benzene rings is 2. The molecule has 7 N–H and O–H groups in total. The molecule has 8 heteroatoms. The molecular weight excluding hydrogens is 430 g/mol. The Morgan fingerprint density at radius 1 is 1.00 bits per heavy atom. The minimum Gasteiger partial charge on any atom is -0.508 e. The Labute approximate surface area is 200 Å². The van der Waals surface area contributed by atoms with E-state index in [4.69, 9.17) is 11.5 Å². The van der Waals surface area contributed by atoms with Crippen molar-refractivity contribution in [3.8, 4) is 5.75 Å². The van der Waals surface area contributed by atoms with E-state index in [1.807, 2.05) is 30.3 Å². The van der Waals surface area contributed by atoms with Crippen LogP contribution in [0.25, 0.3) is 0 Å². The van der Waals surface area contributed by atoms with Crippen molar-refractivity contribution in [3.63, 3.8) is 0 Å². The van der Waals surface area contributed by atoms with Gasteiger partial charge in [-0.1, -0.05) is 55.3 Å². The second-order valence-corrected chi connectivity index (χ2v) is 8.83. The topological polar surface area (TPSA) is 143 Å². The Balaban J connectivity index is 1.71. The summed E-state index contributed by atoms with van der Waals surface area (Å²) in [6, 6.07) is 15.7. The molecule has 1 fully saturated rings. The first-order valence-electron chi connectivity index (χ1n) is 11.9. The van der Waals surface area contributed by atoms with Crippen molar-refractivity contribution in [1.82, 2.24) is 10.6 Å². The van der Waals surface area contributed by atoms with Gasteiger partial charge in [-0.3, -0.25) is 14.6 Å². The minimum absolute atomic E-state index is 0.00254. The van der Waals surface area contributed by atoms with Crippen molar-refractivity contribution in [1.29, 1.82) is 0 Å². The van der Waals surface area contributed by atoms with Crippen molar-refractivity contribution in [2.45, 2.75) is 57.0 Å². The van der Waals surface area contributed by atoms with E-state index in [0.717, 1.165) is 36.8 Å². The molecule has 0 bridgehead atoms. The van der Waals surface area contributed by atoms with Gasteiger partial charge < -0.3 is 27.2 Å².